The largest absolute Gasteiger partial charge is 0.317 e. The van der Waals surface area contributed by atoms with Crippen molar-refractivity contribution in [2.75, 3.05) is 26.2 Å². The van der Waals surface area contributed by atoms with Crippen molar-refractivity contribution in [2.24, 2.45) is 5.92 Å². The van der Waals surface area contributed by atoms with Crippen LogP contribution in [0.2, 0.25) is 0 Å². The van der Waals surface area contributed by atoms with Crippen LogP contribution >= 0.6 is 0 Å². The maximum Gasteiger partial charge on any atom is 0.0322 e. The zero-order valence-corrected chi connectivity index (χ0v) is 14.3. The summed E-state index contributed by atoms with van der Waals surface area (Å²) >= 11 is 0. The zero-order valence-electron chi connectivity index (χ0n) is 14.3. The second-order valence-electron chi connectivity index (χ2n) is 6.72. The molecule has 1 fully saturated rings. The van der Waals surface area contributed by atoms with E-state index in [0.717, 1.165) is 5.92 Å². The van der Waals surface area contributed by atoms with Gasteiger partial charge in [-0.1, -0.05) is 30.7 Å². The molecule has 118 valence electrons. The summed E-state index contributed by atoms with van der Waals surface area (Å²) in [6.45, 7) is 14.0. The van der Waals surface area contributed by atoms with E-state index < -0.39 is 0 Å². The molecule has 21 heavy (non-hydrogen) atoms. The first-order valence-corrected chi connectivity index (χ1v) is 8.63. The quantitative estimate of drug-likeness (QED) is 0.848. The fraction of sp³-hybridized carbons (Fsp3) is 0.684. The van der Waals surface area contributed by atoms with Crippen molar-refractivity contribution in [3.8, 4) is 0 Å². The lowest BCUT2D eigenvalue weighted by atomic mass is 9.94. The van der Waals surface area contributed by atoms with Crippen molar-refractivity contribution in [1.29, 1.82) is 0 Å². The molecule has 1 aromatic rings. The first-order valence-electron chi connectivity index (χ1n) is 8.63. The molecule has 0 aromatic heterocycles. The predicted octanol–water partition coefficient (Wildman–Crippen LogP) is 4.08. The molecule has 1 N–H and O–H groups in total. The van der Waals surface area contributed by atoms with Crippen molar-refractivity contribution in [1.82, 2.24) is 10.2 Å². The number of hydrogen-bond acceptors (Lipinski definition) is 2. The Morgan fingerprint density at radius 1 is 1.24 bits per heavy atom. The van der Waals surface area contributed by atoms with Crippen molar-refractivity contribution in [3.63, 3.8) is 0 Å². The normalized spacial score (nSPS) is 18.1. The molecule has 0 spiro atoms. The summed E-state index contributed by atoms with van der Waals surface area (Å²) in [6, 6.07) is 7.44. The van der Waals surface area contributed by atoms with Crippen LogP contribution in [0.25, 0.3) is 0 Å². The lowest BCUT2D eigenvalue weighted by molar-refractivity contribution is 0.160. The van der Waals surface area contributed by atoms with Crippen LogP contribution in [0.15, 0.2) is 18.2 Å². The Morgan fingerprint density at radius 3 is 2.57 bits per heavy atom. The maximum atomic E-state index is 3.48. The molecule has 2 rings (SSSR count). The molecule has 0 saturated carbocycles. The number of rotatable bonds is 6. The third-order valence-electron chi connectivity index (χ3n) is 4.89. The van der Waals surface area contributed by atoms with E-state index in [-0.39, 0.29) is 0 Å². The average Bonchev–Trinajstić information content (AvgIpc) is 2.47. The maximum absolute atomic E-state index is 3.48. The molecule has 1 unspecified atom stereocenters. The van der Waals surface area contributed by atoms with Crippen LogP contribution < -0.4 is 5.32 Å². The van der Waals surface area contributed by atoms with Crippen molar-refractivity contribution in [3.05, 3.63) is 34.9 Å². The molecule has 0 radical (unpaired) electrons. The molecule has 1 saturated heterocycles. The van der Waals surface area contributed by atoms with Crippen molar-refractivity contribution >= 4 is 0 Å². The predicted molar refractivity (Wildman–Crippen MR) is 91.8 cm³/mol. The Bertz CT molecular complexity index is 435. The molecule has 1 aliphatic rings. The van der Waals surface area contributed by atoms with E-state index in [9.17, 15) is 0 Å². The van der Waals surface area contributed by atoms with Gasteiger partial charge >= 0.3 is 0 Å². The SMILES string of the molecule is CCCN(CC1CCNCC1)C(C)c1ccc(C)cc1C. The van der Waals surface area contributed by atoms with E-state index in [1.165, 1.54) is 62.1 Å². The van der Waals surface area contributed by atoms with Crippen LogP contribution in [-0.4, -0.2) is 31.1 Å². The van der Waals surface area contributed by atoms with Gasteiger partial charge in [0.1, 0.15) is 0 Å². The Balaban J connectivity index is 2.08. The van der Waals surface area contributed by atoms with Gasteiger partial charge in [-0.05, 0) is 76.7 Å². The third kappa shape index (κ3) is 4.55. The van der Waals surface area contributed by atoms with E-state index in [2.05, 4.69) is 56.1 Å². The van der Waals surface area contributed by atoms with E-state index >= 15 is 0 Å². The molecule has 2 heteroatoms. The molecule has 1 aliphatic heterocycles. The highest BCUT2D eigenvalue weighted by atomic mass is 15.2. The van der Waals surface area contributed by atoms with E-state index in [0.29, 0.717) is 6.04 Å². The molecule has 0 aliphatic carbocycles. The van der Waals surface area contributed by atoms with Gasteiger partial charge in [0.25, 0.3) is 0 Å². The fourth-order valence-corrected chi connectivity index (χ4v) is 3.62. The van der Waals surface area contributed by atoms with Crippen LogP contribution in [0.1, 0.15) is 55.8 Å². The van der Waals surface area contributed by atoms with Gasteiger partial charge < -0.3 is 5.32 Å². The van der Waals surface area contributed by atoms with Gasteiger partial charge in [-0.25, -0.2) is 0 Å². The summed E-state index contributed by atoms with van der Waals surface area (Å²) in [6.07, 6.45) is 3.90. The average molecular weight is 288 g/mol. The number of piperidine rings is 1. The van der Waals surface area contributed by atoms with Gasteiger partial charge in [0.15, 0.2) is 0 Å². The van der Waals surface area contributed by atoms with Crippen LogP contribution in [0.4, 0.5) is 0 Å². The number of aryl methyl sites for hydroxylation is 2. The Kier molecular flexibility index (Phi) is 6.25. The van der Waals surface area contributed by atoms with Crippen LogP contribution in [0.5, 0.6) is 0 Å². The molecule has 0 bridgehead atoms. The first-order chi connectivity index (χ1) is 10.1. The van der Waals surface area contributed by atoms with Gasteiger partial charge in [0.2, 0.25) is 0 Å². The third-order valence-corrected chi connectivity index (χ3v) is 4.89. The van der Waals surface area contributed by atoms with E-state index in [4.69, 9.17) is 0 Å². The minimum atomic E-state index is 0.528. The fourth-order valence-electron chi connectivity index (χ4n) is 3.62. The van der Waals surface area contributed by atoms with Gasteiger partial charge in [-0.3, -0.25) is 4.90 Å². The summed E-state index contributed by atoms with van der Waals surface area (Å²) < 4.78 is 0. The molecular weight excluding hydrogens is 256 g/mol. The highest BCUT2D eigenvalue weighted by molar-refractivity contribution is 5.32. The Labute approximate surface area is 130 Å². The van der Waals surface area contributed by atoms with Crippen molar-refractivity contribution < 1.29 is 0 Å². The molecule has 0 amide bonds. The molecule has 1 aromatic carbocycles. The first kappa shape index (κ1) is 16.5. The summed E-state index contributed by atoms with van der Waals surface area (Å²) in [5.41, 5.74) is 4.31. The van der Waals surface area contributed by atoms with Gasteiger partial charge in [-0.15, -0.1) is 0 Å². The Morgan fingerprint density at radius 2 is 1.95 bits per heavy atom. The summed E-state index contributed by atoms with van der Waals surface area (Å²) in [4.78, 5) is 2.70. The number of benzene rings is 1. The van der Waals surface area contributed by atoms with Crippen LogP contribution in [-0.2, 0) is 0 Å². The zero-order chi connectivity index (χ0) is 15.2. The summed E-state index contributed by atoms with van der Waals surface area (Å²) in [5, 5.41) is 3.48. The van der Waals surface area contributed by atoms with E-state index in [1.54, 1.807) is 0 Å². The number of hydrogen-bond donors (Lipinski definition) is 1. The lowest BCUT2D eigenvalue weighted by Gasteiger charge is -2.35. The smallest absolute Gasteiger partial charge is 0.0322 e. The molecular formula is C19H32N2. The molecule has 2 nitrogen and oxygen atoms in total. The minimum Gasteiger partial charge on any atom is -0.317 e. The van der Waals surface area contributed by atoms with E-state index in [1.807, 2.05) is 0 Å². The highest BCUT2D eigenvalue weighted by Crippen LogP contribution is 2.26. The van der Waals surface area contributed by atoms with Gasteiger partial charge in [0, 0.05) is 12.6 Å². The summed E-state index contributed by atoms with van der Waals surface area (Å²) in [5.74, 6) is 0.867. The summed E-state index contributed by atoms with van der Waals surface area (Å²) in [7, 11) is 0. The second kappa shape index (κ2) is 7.95. The highest BCUT2D eigenvalue weighted by Gasteiger charge is 2.22. The van der Waals surface area contributed by atoms with Crippen LogP contribution in [0.3, 0.4) is 0 Å². The minimum absolute atomic E-state index is 0.528. The number of nitrogens with zero attached hydrogens (tertiary/aromatic N) is 1. The second-order valence-corrected chi connectivity index (χ2v) is 6.72. The molecule has 1 atom stereocenters. The monoisotopic (exact) mass is 288 g/mol. The topological polar surface area (TPSA) is 15.3 Å². The van der Waals surface area contributed by atoms with Crippen LogP contribution in [0, 0.1) is 19.8 Å². The Hall–Kier alpha value is -0.860. The van der Waals surface area contributed by atoms with Gasteiger partial charge in [0.05, 0.1) is 0 Å². The number of nitrogens with one attached hydrogen (secondary N) is 1. The molecule has 1 heterocycles. The van der Waals surface area contributed by atoms with Crippen molar-refractivity contribution in [2.45, 2.75) is 53.0 Å². The van der Waals surface area contributed by atoms with Gasteiger partial charge in [-0.2, -0.15) is 0 Å². The standard InChI is InChI=1S/C19H32N2/c1-5-12-21(14-18-8-10-20-11-9-18)17(4)19-7-6-15(2)13-16(19)3/h6-7,13,17-18,20H,5,8-12,14H2,1-4H3. The lowest BCUT2D eigenvalue weighted by Crippen LogP contribution is -2.38.